The van der Waals surface area contributed by atoms with Gasteiger partial charge >= 0.3 is 0 Å². The van der Waals surface area contributed by atoms with Crippen molar-refractivity contribution in [2.24, 2.45) is 0 Å². The van der Waals surface area contributed by atoms with E-state index >= 15 is 0 Å². The fourth-order valence-electron chi connectivity index (χ4n) is 4.55. The van der Waals surface area contributed by atoms with Crippen LogP contribution < -0.4 is 10.1 Å². The minimum Gasteiger partial charge on any atom is -0.493 e. The summed E-state index contributed by atoms with van der Waals surface area (Å²) in [6.07, 6.45) is 4.13. The largest absolute Gasteiger partial charge is 0.493 e. The molecule has 6 nitrogen and oxygen atoms in total. The van der Waals surface area contributed by atoms with Gasteiger partial charge in [-0.05, 0) is 67.7 Å². The minimum atomic E-state index is -0.0270. The van der Waals surface area contributed by atoms with E-state index in [1.54, 1.807) is 0 Å². The Bertz CT molecular complexity index is 911. The van der Waals surface area contributed by atoms with Gasteiger partial charge in [-0.15, -0.1) is 0 Å². The number of ether oxygens (including phenoxy) is 2. The second-order valence-electron chi connectivity index (χ2n) is 9.18. The average molecular weight is 452 g/mol. The maximum atomic E-state index is 12.8. The number of hydrogen-bond acceptors (Lipinski definition) is 5. The van der Waals surface area contributed by atoms with Crippen molar-refractivity contribution in [3.63, 3.8) is 0 Å². The van der Waals surface area contributed by atoms with Gasteiger partial charge in [-0.3, -0.25) is 9.69 Å². The van der Waals surface area contributed by atoms with Gasteiger partial charge in [0.25, 0.3) is 5.91 Å². The third-order valence-corrected chi connectivity index (χ3v) is 6.42. The minimum absolute atomic E-state index is 0.0270. The highest BCUT2D eigenvalue weighted by atomic mass is 16.5. The number of nitrogens with zero attached hydrogens (tertiary/aromatic N) is 2. The lowest BCUT2D eigenvalue weighted by molar-refractivity contribution is 0.0383. The van der Waals surface area contributed by atoms with Crippen LogP contribution in [0.5, 0.6) is 5.75 Å². The molecule has 33 heavy (non-hydrogen) atoms. The Morgan fingerprint density at radius 1 is 0.970 bits per heavy atom. The van der Waals surface area contributed by atoms with Crippen molar-refractivity contribution in [2.75, 3.05) is 59.6 Å². The van der Waals surface area contributed by atoms with Crippen LogP contribution >= 0.6 is 0 Å². The van der Waals surface area contributed by atoms with Gasteiger partial charge in [0, 0.05) is 44.7 Å². The van der Waals surface area contributed by atoms with E-state index in [1.807, 2.05) is 18.2 Å². The molecule has 0 radical (unpaired) electrons. The van der Waals surface area contributed by atoms with Crippen molar-refractivity contribution in [1.82, 2.24) is 15.1 Å². The predicted molar refractivity (Wildman–Crippen MR) is 131 cm³/mol. The molecule has 0 atom stereocenters. The van der Waals surface area contributed by atoms with Crippen LogP contribution in [0.4, 0.5) is 0 Å². The number of hydrogen-bond donors (Lipinski definition) is 1. The zero-order valence-electron chi connectivity index (χ0n) is 19.9. The monoisotopic (exact) mass is 451 g/mol. The summed E-state index contributed by atoms with van der Waals surface area (Å²) in [6, 6.07) is 14.6. The number of nitrogens with one attached hydrogen (secondary N) is 1. The molecule has 2 aromatic rings. The molecule has 0 saturated carbocycles. The van der Waals surface area contributed by atoms with Crippen molar-refractivity contribution < 1.29 is 14.3 Å². The molecule has 2 aromatic carbocycles. The van der Waals surface area contributed by atoms with Crippen molar-refractivity contribution in [1.29, 1.82) is 0 Å². The van der Waals surface area contributed by atoms with Gasteiger partial charge < -0.3 is 19.7 Å². The van der Waals surface area contributed by atoms with Gasteiger partial charge in [-0.1, -0.05) is 24.3 Å². The Labute approximate surface area is 197 Å². The van der Waals surface area contributed by atoms with E-state index in [1.165, 1.54) is 17.5 Å². The van der Waals surface area contributed by atoms with Crippen LogP contribution in [0.25, 0.3) is 0 Å². The summed E-state index contributed by atoms with van der Waals surface area (Å²) in [5.74, 6) is 0.861. The molecule has 4 rings (SSSR count). The highest BCUT2D eigenvalue weighted by Crippen LogP contribution is 2.25. The summed E-state index contributed by atoms with van der Waals surface area (Å²) < 4.78 is 11.6. The molecule has 0 unspecified atom stereocenters. The Morgan fingerprint density at radius 3 is 2.70 bits per heavy atom. The second kappa shape index (κ2) is 12.2. The molecule has 1 fully saturated rings. The first kappa shape index (κ1) is 23.7. The Kier molecular flexibility index (Phi) is 8.75. The molecule has 1 saturated heterocycles. The van der Waals surface area contributed by atoms with E-state index in [0.717, 1.165) is 76.5 Å². The molecular weight excluding hydrogens is 414 g/mol. The first-order valence-electron chi connectivity index (χ1n) is 12.3. The maximum Gasteiger partial charge on any atom is 0.251 e. The molecule has 1 amide bonds. The summed E-state index contributed by atoms with van der Waals surface area (Å²) in [5.41, 5.74) is 4.33. The fraction of sp³-hybridized carbons (Fsp3) is 0.519. The zero-order chi connectivity index (χ0) is 22.9. The standard InChI is InChI=1S/C27H37N3O3/c1-29-11-3-2-4-15-33-26-9-8-24(27(31)28-10-12-30-13-16-32-17-14-30)20-25(26)19-22-6-5-7-23(18-22)21-29/h5-9,18,20H,2-4,10-17,19,21H2,1H3,(H,28,31). The van der Waals surface area contributed by atoms with Crippen molar-refractivity contribution in [3.8, 4) is 5.75 Å². The molecule has 2 aliphatic rings. The number of rotatable bonds is 4. The van der Waals surface area contributed by atoms with Gasteiger partial charge in [0.1, 0.15) is 5.75 Å². The van der Waals surface area contributed by atoms with E-state index in [2.05, 4.69) is 46.4 Å². The first-order chi connectivity index (χ1) is 16.2. The summed E-state index contributed by atoms with van der Waals surface area (Å²) in [4.78, 5) is 17.6. The smallest absolute Gasteiger partial charge is 0.251 e. The van der Waals surface area contributed by atoms with E-state index < -0.39 is 0 Å². The maximum absolute atomic E-state index is 12.8. The van der Waals surface area contributed by atoms with Crippen molar-refractivity contribution in [3.05, 3.63) is 64.7 Å². The molecule has 2 bridgehead atoms. The van der Waals surface area contributed by atoms with E-state index in [4.69, 9.17) is 9.47 Å². The summed E-state index contributed by atoms with van der Waals surface area (Å²) in [5, 5.41) is 3.08. The lowest BCUT2D eigenvalue weighted by Gasteiger charge is -2.26. The Hall–Kier alpha value is -2.41. The van der Waals surface area contributed by atoms with Crippen LogP contribution in [-0.4, -0.2) is 75.3 Å². The molecule has 0 aliphatic carbocycles. The molecule has 2 heterocycles. The lowest BCUT2D eigenvalue weighted by atomic mass is 9.99. The number of amides is 1. The van der Waals surface area contributed by atoms with Crippen LogP contribution in [0.2, 0.25) is 0 Å². The van der Waals surface area contributed by atoms with E-state index in [0.29, 0.717) is 18.7 Å². The normalized spacial score (nSPS) is 18.6. The summed E-state index contributed by atoms with van der Waals surface area (Å²) >= 11 is 0. The summed E-state index contributed by atoms with van der Waals surface area (Å²) in [7, 11) is 2.19. The van der Waals surface area contributed by atoms with Crippen molar-refractivity contribution in [2.45, 2.75) is 32.2 Å². The quantitative estimate of drug-likeness (QED) is 0.773. The number of morpholine rings is 1. The third-order valence-electron chi connectivity index (χ3n) is 6.42. The van der Waals surface area contributed by atoms with Crippen LogP contribution in [0.1, 0.15) is 46.3 Å². The Balaban J connectivity index is 1.46. The van der Waals surface area contributed by atoms with Gasteiger partial charge in [0.05, 0.1) is 19.8 Å². The molecule has 0 aromatic heterocycles. The molecule has 0 spiro atoms. The van der Waals surface area contributed by atoms with Crippen LogP contribution in [-0.2, 0) is 17.7 Å². The SMILES string of the molecule is CN1CCCCCOc2ccc(C(=O)NCCN3CCOCC3)cc2Cc2cccc(c2)C1. The van der Waals surface area contributed by atoms with Gasteiger partial charge in [0.15, 0.2) is 0 Å². The number of carbonyl (C=O) groups is 1. The third kappa shape index (κ3) is 7.29. The van der Waals surface area contributed by atoms with Gasteiger partial charge in [-0.2, -0.15) is 0 Å². The van der Waals surface area contributed by atoms with E-state index in [9.17, 15) is 4.79 Å². The van der Waals surface area contributed by atoms with Crippen LogP contribution in [0.3, 0.4) is 0 Å². The summed E-state index contributed by atoms with van der Waals surface area (Å²) in [6.45, 7) is 7.68. The highest BCUT2D eigenvalue weighted by molar-refractivity contribution is 5.94. The first-order valence-corrected chi connectivity index (χ1v) is 12.3. The fourth-order valence-corrected chi connectivity index (χ4v) is 4.55. The number of fused-ring (bicyclic) bond motifs is 3. The topological polar surface area (TPSA) is 54.0 Å². The number of carbonyl (C=O) groups excluding carboxylic acids is 1. The molecule has 1 N–H and O–H groups in total. The average Bonchev–Trinajstić information content (AvgIpc) is 2.82. The highest BCUT2D eigenvalue weighted by Gasteiger charge is 2.14. The molecule has 178 valence electrons. The number of benzene rings is 2. The zero-order valence-corrected chi connectivity index (χ0v) is 19.9. The molecule has 6 heteroatoms. The van der Waals surface area contributed by atoms with Crippen LogP contribution in [0.15, 0.2) is 42.5 Å². The molecular formula is C27H37N3O3. The van der Waals surface area contributed by atoms with Gasteiger partial charge in [0.2, 0.25) is 0 Å². The predicted octanol–water partition coefficient (Wildman–Crippen LogP) is 3.33. The molecule has 2 aliphatic heterocycles. The van der Waals surface area contributed by atoms with Gasteiger partial charge in [-0.25, -0.2) is 0 Å². The van der Waals surface area contributed by atoms with Crippen LogP contribution in [0, 0.1) is 0 Å². The van der Waals surface area contributed by atoms with E-state index in [-0.39, 0.29) is 5.91 Å². The lowest BCUT2D eigenvalue weighted by Crippen LogP contribution is -2.41. The Morgan fingerprint density at radius 2 is 1.82 bits per heavy atom. The van der Waals surface area contributed by atoms with Crippen molar-refractivity contribution >= 4 is 5.91 Å². The second-order valence-corrected chi connectivity index (χ2v) is 9.18.